The van der Waals surface area contributed by atoms with Crippen LogP contribution in [-0.4, -0.2) is 67.7 Å². The minimum Gasteiger partial charge on any atom is -0.531 e. The topological polar surface area (TPSA) is 81.0 Å². The van der Waals surface area contributed by atoms with Gasteiger partial charge in [0, 0.05) is 6.20 Å². The minimum atomic E-state index is -2.01. The molecule has 0 radical (unpaired) electrons. The molecule has 8 nitrogen and oxygen atoms in total. The molecule has 2 rings (SSSR count). The molecule has 1 saturated heterocycles. The number of halogens is 1. The van der Waals surface area contributed by atoms with Gasteiger partial charge in [-0.15, -0.1) is 0 Å². The van der Waals surface area contributed by atoms with Crippen LogP contribution in [0.5, 0.6) is 5.88 Å². The molecule has 0 bridgehead atoms. The van der Waals surface area contributed by atoms with E-state index in [1.54, 1.807) is 10.8 Å². The second-order valence-electron chi connectivity index (χ2n) is 12.7. The van der Waals surface area contributed by atoms with Gasteiger partial charge in [0.05, 0.1) is 10.2 Å². The molecule has 0 unspecified atom stereocenters. The zero-order valence-corrected chi connectivity index (χ0v) is 29.0. The number of hydrogen-bond donors (Lipinski definition) is 0. The molecule has 0 aliphatic carbocycles. The molecular formula is C21H43IN2O6Si4. The maximum absolute atomic E-state index is 13.2. The van der Waals surface area contributed by atoms with Crippen molar-refractivity contribution in [2.24, 2.45) is 0 Å². The Morgan fingerprint density at radius 1 is 0.882 bits per heavy atom. The molecule has 0 N–H and O–H groups in total. The van der Waals surface area contributed by atoms with E-state index in [0.717, 1.165) is 3.57 Å². The number of nitrogens with zero attached hydrogens (tertiary/aromatic N) is 2. The molecule has 1 aliphatic heterocycles. The van der Waals surface area contributed by atoms with E-state index in [2.05, 4.69) is 106 Å². The van der Waals surface area contributed by atoms with Crippen molar-refractivity contribution in [1.29, 1.82) is 0 Å². The smallest absolute Gasteiger partial charge is 0.353 e. The molecule has 34 heavy (non-hydrogen) atoms. The van der Waals surface area contributed by atoms with E-state index in [9.17, 15) is 4.79 Å². The number of aromatic nitrogens is 2. The van der Waals surface area contributed by atoms with Gasteiger partial charge in [0.25, 0.3) is 0 Å². The zero-order chi connectivity index (χ0) is 26.3. The predicted molar refractivity (Wildman–Crippen MR) is 155 cm³/mol. The van der Waals surface area contributed by atoms with Crippen LogP contribution >= 0.6 is 22.6 Å². The third-order valence-electron chi connectivity index (χ3n) is 4.50. The van der Waals surface area contributed by atoms with E-state index < -0.39 is 51.3 Å². The molecule has 4 atom stereocenters. The van der Waals surface area contributed by atoms with Crippen LogP contribution in [0.2, 0.25) is 78.6 Å². The number of rotatable bonds is 10. The van der Waals surface area contributed by atoms with Gasteiger partial charge in [0.15, 0.2) is 31.2 Å². The minimum absolute atomic E-state index is 0.331. The van der Waals surface area contributed by atoms with Crippen molar-refractivity contribution < 1.29 is 22.4 Å². The highest BCUT2D eigenvalue weighted by Crippen LogP contribution is 2.37. The lowest BCUT2D eigenvalue weighted by atomic mass is 10.1. The van der Waals surface area contributed by atoms with Crippen LogP contribution in [0.3, 0.4) is 0 Å². The van der Waals surface area contributed by atoms with E-state index in [1.807, 2.05) is 0 Å². The first kappa shape index (κ1) is 30.3. The first-order chi connectivity index (χ1) is 15.2. The zero-order valence-electron chi connectivity index (χ0n) is 22.8. The second-order valence-corrected chi connectivity index (χ2v) is 31.7. The lowest BCUT2D eigenvalue weighted by Crippen LogP contribution is -2.49. The maximum atomic E-state index is 13.2. The van der Waals surface area contributed by atoms with Gasteiger partial charge in [-0.1, -0.05) is 0 Å². The summed E-state index contributed by atoms with van der Waals surface area (Å²) in [6.07, 6.45) is 0.00383. The van der Waals surface area contributed by atoms with Crippen LogP contribution < -0.4 is 10.1 Å². The standard InChI is InChI=1S/C21H43IN2O6Si4/c1-31(2,3)26-14-16-17(28-32(4,5)6)18(29-33(7,8)9)20(27-16)24-13-15(22)19(23-21(24)25)30-34(10,11)12/h13,16-18,20H,14H2,1-12H3/t16-,17-,18-,20-/m1/s1. The van der Waals surface area contributed by atoms with Crippen molar-refractivity contribution in [3.63, 3.8) is 0 Å². The molecule has 2 heterocycles. The lowest BCUT2D eigenvalue weighted by molar-refractivity contribution is -0.0498. The fraction of sp³-hybridized carbons (Fsp3) is 0.810. The van der Waals surface area contributed by atoms with E-state index >= 15 is 0 Å². The summed E-state index contributed by atoms with van der Waals surface area (Å²) >= 11 is 2.17. The molecule has 1 aromatic heterocycles. The van der Waals surface area contributed by atoms with Gasteiger partial charge in [-0.25, -0.2) is 4.79 Å². The van der Waals surface area contributed by atoms with Gasteiger partial charge in [-0.3, -0.25) is 4.57 Å². The predicted octanol–water partition coefficient (Wildman–Crippen LogP) is 5.25. The first-order valence-corrected chi connectivity index (χ1v) is 26.5. The Kier molecular flexibility index (Phi) is 9.68. The van der Waals surface area contributed by atoms with Crippen LogP contribution in [0.25, 0.3) is 0 Å². The highest BCUT2D eigenvalue weighted by atomic mass is 127. The van der Waals surface area contributed by atoms with Crippen LogP contribution in [0.4, 0.5) is 0 Å². The number of hydrogen-bond acceptors (Lipinski definition) is 7. The van der Waals surface area contributed by atoms with Crippen LogP contribution in [0.15, 0.2) is 11.0 Å². The SMILES string of the molecule is C[Si](C)(C)OC[C@H]1O[C@@H](n2cc(I)c(O[Si](C)(C)C)nc2=O)[C@H](O[Si](C)(C)C)[C@@H]1O[Si](C)(C)C. The quantitative estimate of drug-likeness (QED) is 0.251. The summed E-state index contributed by atoms with van der Waals surface area (Å²) in [5.74, 6) is 0.384. The average molecular weight is 659 g/mol. The van der Waals surface area contributed by atoms with Gasteiger partial charge in [0.1, 0.15) is 18.3 Å². The van der Waals surface area contributed by atoms with Crippen LogP contribution in [0.1, 0.15) is 6.23 Å². The molecule has 1 fully saturated rings. The molecule has 1 aliphatic rings. The summed E-state index contributed by atoms with van der Waals surface area (Å²) in [6.45, 7) is 25.9. The Hall–Kier alpha value is 0.118. The van der Waals surface area contributed by atoms with Gasteiger partial charge in [0.2, 0.25) is 14.2 Å². The summed E-state index contributed by atoms with van der Waals surface area (Å²) in [5, 5.41) is 0. The normalized spacial score (nSPS) is 24.5. The van der Waals surface area contributed by atoms with Gasteiger partial charge >= 0.3 is 5.69 Å². The van der Waals surface area contributed by atoms with Gasteiger partial charge < -0.3 is 22.4 Å². The summed E-state index contributed by atoms with van der Waals surface area (Å²) < 4.78 is 34.4. The van der Waals surface area contributed by atoms with Crippen molar-refractivity contribution >= 4 is 55.9 Å². The van der Waals surface area contributed by atoms with Crippen LogP contribution in [0, 0.1) is 3.57 Å². The third kappa shape index (κ3) is 9.53. The monoisotopic (exact) mass is 658 g/mol. The Bertz CT molecular complexity index is 905. The largest absolute Gasteiger partial charge is 0.531 e. The van der Waals surface area contributed by atoms with Crippen molar-refractivity contribution in [3.05, 3.63) is 20.3 Å². The molecule has 0 saturated carbocycles. The van der Waals surface area contributed by atoms with Crippen LogP contribution in [-0.2, 0) is 18.0 Å². The summed E-state index contributed by atoms with van der Waals surface area (Å²) in [4.78, 5) is 17.5. The molecule has 13 heteroatoms. The van der Waals surface area contributed by atoms with E-state index in [4.69, 9.17) is 22.4 Å². The van der Waals surface area contributed by atoms with Gasteiger partial charge in [-0.2, -0.15) is 4.98 Å². The highest BCUT2D eigenvalue weighted by molar-refractivity contribution is 14.1. The van der Waals surface area contributed by atoms with Gasteiger partial charge in [-0.05, 0) is 101 Å². The molecule has 0 amide bonds. The Balaban J connectivity index is 2.53. The third-order valence-corrected chi connectivity index (χ3v) is 9.03. The first-order valence-electron chi connectivity index (χ1n) is 11.8. The van der Waals surface area contributed by atoms with Crippen molar-refractivity contribution in [2.45, 2.75) is 103 Å². The summed E-state index contributed by atoms with van der Waals surface area (Å²) in [7, 11) is -7.67. The summed E-state index contributed by atoms with van der Waals surface area (Å²) in [6, 6.07) is 0. The molecule has 0 spiro atoms. The Labute approximate surface area is 222 Å². The highest BCUT2D eigenvalue weighted by Gasteiger charge is 2.50. The van der Waals surface area contributed by atoms with Crippen molar-refractivity contribution in [2.75, 3.05) is 6.61 Å². The Morgan fingerprint density at radius 3 is 1.88 bits per heavy atom. The Morgan fingerprint density at radius 2 is 1.41 bits per heavy atom. The fourth-order valence-electron chi connectivity index (χ4n) is 3.46. The maximum Gasteiger partial charge on any atom is 0.353 e. The molecule has 196 valence electrons. The molecular weight excluding hydrogens is 615 g/mol. The number of ether oxygens (including phenoxy) is 1. The lowest BCUT2D eigenvalue weighted by Gasteiger charge is -2.34. The van der Waals surface area contributed by atoms with E-state index in [0.29, 0.717) is 12.5 Å². The molecule has 0 aromatic carbocycles. The van der Waals surface area contributed by atoms with E-state index in [1.165, 1.54) is 0 Å². The second kappa shape index (κ2) is 10.8. The summed E-state index contributed by atoms with van der Waals surface area (Å²) in [5.41, 5.74) is -0.415. The van der Waals surface area contributed by atoms with Crippen molar-refractivity contribution in [1.82, 2.24) is 9.55 Å². The molecule has 1 aromatic rings. The van der Waals surface area contributed by atoms with Crippen molar-refractivity contribution in [3.8, 4) is 5.88 Å². The fourth-order valence-corrected chi connectivity index (χ4v) is 7.76. The van der Waals surface area contributed by atoms with E-state index in [-0.39, 0.29) is 12.2 Å². The average Bonchev–Trinajstić information content (AvgIpc) is 2.88.